The van der Waals surface area contributed by atoms with Crippen LogP contribution in [0, 0.1) is 13.8 Å². The molecule has 1 unspecified atom stereocenters. The fourth-order valence-corrected chi connectivity index (χ4v) is 2.60. The Morgan fingerprint density at radius 3 is 2.84 bits per heavy atom. The molecule has 19 heavy (non-hydrogen) atoms. The molecule has 5 heteroatoms. The van der Waals surface area contributed by atoms with Crippen molar-refractivity contribution in [1.29, 1.82) is 0 Å². The maximum absolute atomic E-state index is 11.8. The van der Waals surface area contributed by atoms with E-state index in [0.29, 0.717) is 13.1 Å². The average molecular weight is 264 g/mol. The second-order valence-corrected chi connectivity index (χ2v) is 4.88. The number of methoxy groups -OCH3 is 1. The fourth-order valence-electron chi connectivity index (χ4n) is 2.60. The number of hydrogen-bond acceptors (Lipinski definition) is 3. The number of urea groups is 1. The van der Waals surface area contributed by atoms with E-state index < -0.39 is 0 Å². The van der Waals surface area contributed by atoms with Gasteiger partial charge in [-0.15, -0.1) is 0 Å². The first kappa shape index (κ1) is 13.7. The lowest BCUT2D eigenvalue weighted by atomic mass is 10.00. The number of aliphatic hydroxyl groups excluding tert-OH is 1. The third-order valence-electron chi connectivity index (χ3n) is 3.39. The van der Waals surface area contributed by atoms with Crippen molar-refractivity contribution in [3.8, 4) is 5.75 Å². The Balaban J connectivity index is 2.30. The number of benzene rings is 1. The Kier molecular flexibility index (Phi) is 3.95. The van der Waals surface area contributed by atoms with Crippen LogP contribution in [0.25, 0.3) is 0 Å². The van der Waals surface area contributed by atoms with Crippen LogP contribution in [0.15, 0.2) is 12.1 Å². The summed E-state index contributed by atoms with van der Waals surface area (Å²) in [5.74, 6) is 0.821. The molecule has 0 spiro atoms. The summed E-state index contributed by atoms with van der Waals surface area (Å²) in [7, 11) is 1.64. The number of nitrogens with zero attached hydrogens (tertiary/aromatic N) is 1. The van der Waals surface area contributed by atoms with E-state index in [0.717, 1.165) is 22.4 Å². The molecule has 0 aliphatic carbocycles. The van der Waals surface area contributed by atoms with E-state index in [1.54, 1.807) is 12.0 Å². The quantitative estimate of drug-likeness (QED) is 0.863. The van der Waals surface area contributed by atoms with Gasteiger partial charge in [0.1, 0.15) is 5.75 Å². The summed E-state index contributed by atoms with van der Waals surface area (Å²) in [6.07, 6.45) is 0. The van der Waals surface area contributed by atoms with Crippen molar-refractivity contribution in [2.24, 2.45) is 0 Å². The fraction of sp³-hybridized carbons (Fsp3) is 0.500. The Morgan fingerprint density at radius 1 is 1.47 bits per heavy atom. The number of aryl methyl sites for hydroxylation is 2. The summed E-state index contributed by atoms with van der Waals surface area (Å²) in [6, 6.07) is 3.87. The van der Waals surface area contributed by atoms with Gasteiger partial charge in [-0.1, -0.05) is 17.7 Å². The SMILES string of the molecule is COc1c(C)cc(C)cc1C1CN(CCO)C(=O)N1. The van der Waals surface area contributed by atoms with E-state index in [4.69, 9.17) is 9.84 Å². The van der Waals surface area contributed by atoms with Crippen LogP contribution in [-0.4, -0.2) is 42.8 Å². The maximum atomic E-state index is 11.8. The monoisotopic (exact) mass is 264 g/mol. The summed E-state index contributed by atoms with van der Waals surface area (Å²) >= 11 is 0. The third-order valence-corrected chi connectivity index (χ3v) is 3.39. The lowest BCUT2D eigenvalue weighted by Crippen LogP contribution is -2.30. The second kappa shape index (κ2) is 5.48. The van der Waals surface area contributed by atoms with Gasteiger partial charge in [0.25, 0.3) is 0 Å². The highest BCUT2D eigenvalue weighted by Gasteiger charge is 2.31. The van der Waals surface area contributed by atoms with Crippen LogP contribution in [0.3, 0.4) is 0 Å². The number of ether oxygens (including phenoxy) is 1. The van der Waals surface area contributed by atoms with E-state index in [9.17, 15) is 4.79 Å². The highest BCUT2D eigenvalue weighted by atomic mass is 16.5. The van der Waals surface area contributed by atoms with Gasteiger partial charge in [-0.3, -0.25) is 0 Å². The summed E-state index contributed by atoms with van der Waals surface area (Å²) < 4.78 is 5.45. The Labute approximate surface area is 113 Å². The molecule has 5 nitrogen and oxygen atoms in total. The van der Waals surface area contributed by atoms with E-state index >= 15 is 0 Å². The molecule has 2 rings (SSSR count). The van der Waals surface area contributed by atoms with Gasteiger partial charge in [0, 0.05) is 18.7 Å². The number of aliphatic hydroxyl groups is 1. The molecule has 1 heterocycles. The van der Waals surface area contributed by atoms with Crippen LogP contribution in [0.2, 0.25) is 0 Å². The van der Waals surface area contributed by atoms with E-state index in [1.165, 1.54) is 0 Å². The summed E-state index contributed by atoms with van der Waals surface area (Å²) in [5.41, 5.74) is 3.20. The topological polar surface area (TPSA) is 61.8 Å². The van der Waals surface area contributed by atoms with Crippen molar-refractivity contribution >= 4 is 6.03 Å². The number of hydrogen-bond donors (Lipinski definition) is 2. The molecule has 104 valence electrons. The lowest BCUT2D eigenvalue weighted by Gasteiger charge is -2.18. The van der Waals surface area contributed by atoms with Crippen LogP contribution < -0.4 is 10.1 Å². The largest absolute Gasteiger partial charge is 0.496 e. The second-order valence-electron chi connectivity index (χ2n) is 4.88. The van der Waals surface area contributed by atoms with E-state index in [-0.39, 0.29) is 18.7 Å². The predicted octanol–water partition coefficient (Wildman–Crippen LogP) is 1.37. The highest BCUT2D eigenvalue weighted by Crippen LogP contribution is 2.32. The van der Waals surface area contributed by atoms with Crippen LogP contribution in [-0.2, 0) is 0 Å². The van der Waals surface area contributed by atoms with E-state index in [1.807, 2.05) is 19.9 Å². The zero-order chi connectivity index (χ0) is 14.0. The number of β-amino-alcohol motifs (C(OH)–C–C–N with tert-alkyl or cyclic N) is 1. The Morgan fingerprint density at radius 2 is 2.21 bits per heavy atom. The molecule has 1 saturated heterocycles. The number of carbonyl (C=O) groups is 1. The molecule has 1 aliphatic rings. The van der Waals surface area contributed by atoms with Gasteiger partial charge in [0.2, 0.25) is 0 Å². The lowest BCUT2D eigenvalue weighted by molar-refractivity contribution is 0.196. The molecule has 2 amide bonds. The van der Waals surface area contributed by atoms with Crippen molar-refractivity contribution in [3.05, 3.63) is 28.8 Å². The maximum Gasteiger partial charge on any atom is 0.318 e. The van der Waals surface area contributed by atoms with Crippen molar-refractivity contribution in [2.45, 2.75) is 19.9 Å². The molecule has 1 atom stereocenters. The Bertz CT molecular complexity index is 488. The molecule has 0 aromatic heterocycles. The smallest absolute Gasteiger partial charge is 0.318 e. The minimum atomic E-state index is -0.139. The van der Waals surface area contributed by atoms with Gasteiger partial charge in [0.05, 0.1) is 19.8 Å². The van der Waals surface area contributed by atoms with Gasteiger partial charge < -0.3 is 20.1 Å². The molecule has 0 bridgehead atoms. The van der Waals surface area contributed by atoms with Crippen molar-refractivity contribution < 1.29 is 14.6 Å². The zero-order valence-electron chi connectivity index (χ0n) is 11.6. The van der Waals surface area contributed by atoms with Gasteiger partial charge >= 0.3 is 6.03 Å². The standard InChI is InChI=1S/C14H20N2O3/c1-9-6-10(2)13(19-3)11(7-9)12-8-16(4-5-17)14(18)15-12/h6-7,12,17H,4-5,8H2,1-3H3,(H,15,18). The third kappa shape index (κ3) is 2.66. The van der Waals surface area contributed by atoms with Crippen molar-refractivity contribution in [3.63, 3.8) is 0 Å². The molecule has 2 N–H and O–H groups in total. The van der Waals surface area contributed by atoms with Gasteiger partial charge in [-0.25, -0.2) is 4.79 Å². The zero-order valence-corrected chi connectivity index (χ0v) is 11.6. The molecule has 0 radical (unpaired) electrons. The van der Waals surface area contributed by atoms with Gasteiger partial charge in [0.15, 0.2) is 0 Å². The molecule has 0 saturated carbocycles. The number of amides is 2. The summed E-state index contributed by atoms with van der Waals surface area (Å²) in [4.78, 5) is 13.4. The van der Waals surface area contributed by atoms with Crippen LogP contribution in [0.5, 0.6) is 5.75 Å². The molecule has 1 aromatic carbocycles. The number of nitrogens with one attached hydrogen (secondary N) is 1. The summed E-state index contributed by atoms with van der Waals surface area (Å²) in [5, 5.41) is 11.9. The average Bonchev–Trinajstić information content (AvgIpc) is 2.70. The number of carbonyl (C=O) groups excluding carboxylic acids is 1. The number of rotatable bonds is 4. The van der Waals surface area contributed by atoms with Crippen LogP contribution in [0.1, 0.15) is 22.7 Å². The first-order chi connectivity index (χ1) is 9.06. The first-order valence-electron chi connectivity index (χ1n) is 6.38. The molecular formula is C14H20N2O3. The normalized spacial score (nSPS) is 18.6. The minimum Gasteiger partial charge on any atom is -0.496 e. The van der Waals surface area contributed by atoms with Crippen molar-refractivity contribution in [1.82, 2.24) is 10.2 Å². The molecule has 1 aromatic rings. The first-order valence-corrected chi connectivity index (χ1v) is 6.38. The Hall–Kier alpha value is -1.75. The van der Waals surface area contributed by atoms with Crippen LogP contribution >= 0.6 is 0 Å². The molecule has 1 fully saturated rings. The highest BCUT2D eigenvalue weighted by molar-refractivity contribution is 5.77. The van der Waals surface area contributed by atoms with Crippen molar-refractivity contribution in [2.75, 3.05) is 26.8 Å². The van der Waals surface area contributed by atoms with Gasteiger partial charge in [-0.2, -0.15) is 0 Å². The summed E-state index contributed by atoms with van der Waals surface area (Å²) in [6.45, 7) is 4.91. The molecular weight excluding hydrogens is 244 g/mol. The minimum absolute atomic E-state index is 0.0237. The van der Waals surface area contributed by atoms with E-state index in [2.05, 4.69) is 11.4 Å². The predicted molar refractivity (Wildman–Crippen MR) is 72.4 cm³/mol. The van der Waals surface area contributed by atoms with Gasteiger partial charge in [-0.05, 0) is 19.4 Å². The van der Waals surface area contributed by atoms with Crippen LogP contribution in [0.4, 0.5) is 4.79 Å². The molecule has 1 aliphatic heterocycles.